The highest BCUT2D eigenvalue weighted by Gasteiger charge is 2.18. The highest BCUT2D eigenvalue weighted by molar-refractivity contribution is 6.11. The maximum Gasteiger partial charge on any atom is 0.196 e. The number of ketones is 1. The van der Waals surface area contributed by atoms with Crippen LogP contribution in [0.25, 0.3) is 0 Å². The van der Waals surface area contributed by atoms with E-state index in [0.29, 0.717) is 11.1 Å². The molecule has 0 radical (unpaired) electrons. The summed E-state index contributed by atoms with van der Waals surface area (Å²) in [7, 11) is 0. The molecule has 4 nitrogen and oxygen atoms in total. The van der Waals surface area contributed by atoms with Crippen LogP contribution >= 0.6 is 0 Å². The summed E-state index contributed by atoms with van der Waals surface area (Å²) in [5.41, 5.74) is 1.10. The predicted molar refractivity (Wildman–Crippen MR) is 75.4 cm³/mol. The summed E-state index contributed by atoms with van der Waals surface area (Å²) < 4.78 is 0. The monoisotopic (exact) mass is 272 g/mol. The average molecular weight is 272 g/mol. The van der Waals surface area contributed by atoms with Crippen LogP contribution in [0.1, 0.15) is 41.3 Å². The Morgan fingerprint density at radius 1 is 0.950 bits per heavy atom. The number of rotatable bonds is 3. The zero-order valence-corrected chi connectivity index (χ0v) is 11.3. The number of hydrogen-bond donors (Lipinski definition) is 3. The van der Waals surface area contributed by atoms with E-state index in [-0.39, 0.29) is 34.5 Å². The largest absolute Gasteiger partial charge is 0.508 e. The molecule has 0 spiro atoms. The van der Waals surface area contributed by atoms with Crippen LogP contribution in [0.15, 0.2) is 36.4 Å². The molecule has 2 rings (SSSR count). The van der Waals surface area contributed by atoms with E-state index in [2.05, 4.69) is 0 Å². The van der Waals surface area contributed by atoms with Crippen LogP contribution < -0.4 is 0 Å². The van der Waals surface area contributed by atoms with Crippen LogP contribution in [-0.2, 0) is 0 Å². The van der Waals surface area contributed by atoms with E-state index in [1.165, 1.54) is 36.4 Å². The van der Waals surface area contributed by atoms with Crippen molar-refractivity contribution in [1.82, 2.24) is 0 Å². The summed E-state index contributed by atoms with van der Waals surface area (Å²) >= 11 is 0. The molecule has 20 heavy (non-hydrogen) atoms. The van der Waals surface area contributed by atoms with Crippen molar-refractivity contribution >= 4 is 5.78 Å². The second-order valence-electron chi connectivity index (χ2n) is 4.96. The van der Waals surface area contributed by atoms with E-state index in [9.17, 15) is 20.1 Å². The quantitative estimate of drug-likeness (QED) is 0.750. The van der Waals surface area contributed by atoms with Gasteiger partial charge < -0.3 is 15.3 Å². The van der Waals surface area contributed by atoms with Gasteiger partial charge >= 0.3 is 0 Å². The van der Waals surface area contributed by atoms with Crippen molar-refractivity contribution in [1.29, 1.82) is 0 Å². The van der Waals surface area contributed by atoms with Gasteiger partial charge in [-0.2, -0.15) is 0 Å². The highest BCUT2D eigenvalue weighted by atomic mass is 16.3. The van der Waals surface area contributed by atoms with E-state index in [4.69, 9.17) is 0 Å². The molecule has 2 aromatic carbocycles. The van der Waals surface area contributed by atoms with Gasteiger partial charge in [-0.25, -0.2) is 0 Å². The summed E-state index contributed by atoms with van der Waals surface area (Å²) in [5.74, 6) is -0.546. The lowest BCUT2D eigenvalue weighted by Gasteiger charge is -2.12. The summed E-state index contributed by atoms with van der Waals surface area (Å²) in [6.45, 7) is 3.78. The fourth-order valence-corrected chi connectivity index (χ4v) is 2.01. The maximum absolute atomic E-state index is 12.3. The molecular weight excluding hydrogens is 256 g/mol. The van der Waals surface area contributed by atoms with Gasteiger partial charge in [0.15, 0.2) is 5.78 Å². The Kier molecular flexibility index (Phi) is 3.66. The molecule has 0 aliphatic rings. The normalized spacial score (nSPS) is 10.8. The topological polar surface area (TPSA) is 77.8 Å². The van der Waals surface area contributed by atoms with Gasteiger partial charge in [0.05, 0.1) is 5.56 Å². The van der Waals surface area contributed by atoms with E-state index < -0.39 is 0 Å². The first kappa shape index (κ1) is 13.9. The van der Waals surface area contributed by atoms with Gasteiger partial charge in [-0.15, -0.1) is 0 Å². The molecule has 0 amide bonds. The van der Waals surface area contributed by atoms with Gasteiger partial charge in [-0.05, 0) is 41.8 Å². The standard InChI is InChI=1S/C16H16O4/c1-9(2)12-7-13(15(19)8-14(12)18)16(20)10-3-5-11(17)6-4-10/h3-9,17-19H,1-2H3. The molecule has 0 heterocycles. The van der Waals surface area contributed by atoms with Crippen molar-refractivity contribution in [3.8, 4) is 17.2 Å². The third-order valence-corrected chi connectivity index (χ3v) is 3.14. The Balaban J connectivity index is 2.49. The van der Waals surface area contributed by atoms with Crippen LogP contribution in [0.5, 0.6) is 17.2 Å². The summed E-state index contributed by atoms with van der Waals surface area (Å²) in [5, 5.41) is 28.8. The van der Waals surface area contributed by atoms with Gasteiger partial charge in [0.25, 0.3) is 0 Å². The summed E-state index contributed by atoms with van der Waals surface area (Å²) in [6, 6.07) is 8.48. The fourth-order valence-electron chi connectivity index (χ4n) is 2.01. The van der Waals surface area contributed by atoms with Gasteiger partial charge in [-0.3, -0.25) is 4.79 Å². The van der Waals surface area contributed by atoms with E-state index in [1.807, 2.05) is 13.8 Å². The number of phenolic OH excluding ortho intramolecular Hbond substituents is 3. The molecule has 0 aliphatic carbocycles. The Hall–Kier alpha value is -2.49. The summed E-state index contributed by atoms with van der Waals surface area (Å²) in [4.78, 5) is 12.3. The second kappa shape index (κ2) is 5.25. The lowest BCUT2D eigenvalue weighted by atomic mass is 9.95. The Bertz CT molecular complexity index is 642. The molecule has 0 unspecified atom stereocenters. The fraction of sp³-hybridized carbons (Fsp3) is 0.188. The minimum Gasteiger partial charge on any atom is -0.508 e. The minimum atomic E-state index is -0.357. The first-order valence-electron chi connectivity index (χ1n) is 6.29. The molecule has 4 heteroatoms. The van der Waals surface area contributed by atoms with E-state index >= 15 is 0 Å². The minimum absolute atomic E-state index is 0.0280. The SMILES string of the molecule is CC(C)c1cc(C(=O)c2ccc(O)cc2)c(O)cc1O. The first-order valence-corrected chi connectivity index (χ1v) is 6.29. The second-order valence-corrected chi connectivity index (χ2v) is 4.96. The molecule has 0 saturated heterocycles. The first-order chi connectivity index (χ1) is 9.40. The molecule has 3 N–H and O–H groups in total. The van der Waals surface area contributed by atoms with Crippen LogP contribution in [0.3, 0.4) is 0 Å². The molecule has 104 valence electrons. The molecule has 0 saturated carbocycles. The predicted octanol–water partition coefficient (Wildman–Crippen LogP) is 3.16. The van der Waals surface area contributed by atoms with Crippen molar-refractivity contribution in [3.63, 3.8) is 0 Å². The number of benzene rings is 2. The lowest BCUT2D eigenvalue weighted by Crippen LogP contribution is -2.03. The number of carbonyl (C=O) groups is 1. The lowest BCUT2D eigenvalue weighted by molar-refractivity contribution is 0.103. The van der Waals surface area contributed by atoms with Crippen LogP contribution in [-0.4, -0.2) is 21.1 Å². The third-order valence-electron chi connectivity index (χ3n) is 3.14. The van der Waals surface area contributed by atoms with E-state index in [0.717, 1.165) is 0 Å². The smallest absolute Gasteiger partial charge is 0.196 e. The van der Waals surface area contributed by atoms with Crippen LogP contribution in [0, 0.1) is 0 Å². The van der Waals surface area contributed by atoms with Gasteiger partial charge in [-0.1, -0.05) is 13.8 Å². The molecule has 0 atom stereocenters. The molecule has 2 aromatic rings. The third kappa shape index (κ3) is 2.59. The molecule has 0 bridgehead atoms. The van der Waals surface area contributed by atoms with Crippen molar-refractivity contribution in [2.75, 3.05) is 0 Å². The Morgan fingerprint density at radius 3 is 2.10 bits per heavy atom. The highest BCUT2D eigenvalue weighted by Crippen LogP contribution is 2.33. The zero-order chi connectivity index (χ0) is 14.9. The van der Waals surface area contributed by atoms with Crippen molar-refractivity contribution in [2.24, 2.45) is 0 Å². The van der Waals surface area contributed by atoms with Crippen molar-refractivity contribution in [3.05, 3.63) is 53.1 Å². The number of carbonyl (C=O) groups excluding carboxylic acids is 1. The maximum atomic E-state index is 12.3. The molecule has 0 fully saturated rings. The van der Waals surface area contributed by atoms with Gasteiger partial charge in [0, 0.05) is 11.6 Å². The van der Waals surface area contributed by atoms with Crippen molar-refractivity contribution < 1.29 is 20.1 Å². The van der Waals surface area contributed by atoms with E-state index in [1.54, 1.807) is 0 Å². The molecule has 0 aromatic heterocycles. The average Bonchev–Trinajstić information content (AvgIpc) is 2.38. The van der Waals surface area contributed by atoms with Gasteiger partial charge in [0.2, 0.25) is 0 Å². The van der Waals surface area contributed by atoms with Crippen LogP contribution in [0.4, 0.5) is 0 Å². The number of phenols is 3. The summed E-state index contributed by atoms with van der Waals surface area (Å²) in [6.07, 6.45) is 0. The number of aromatic hydroxyl groups is 3. The van der Waals surface area contributed by atoms with Gasteiger partial charge in [0.1, 0.15) is 17.2 Å². The Morgan fingerprint density at radius 2 is 1.55 bits per heavy atom. The molecule has 0 aliphatic heterocycles. The molecular formula is C16H16O4. The van der Waals surface area contributed by atoms with Crippen LogP contribution in [0.2, 0.25) is 0 Å². The van der Waals surface area contributed by atoms with Crippen molar-refractivity contribution in [2.45, 2.75) is 19.8 Å². The zero-order valence-electron chi connectivity index (χ0n) is 11.3. The number of hydrogen-bond acceptors (Lipinski definition) is 4. The Labute approximate surface area is 116 Å².